The van der Waals surface area contributed by atoms with Crippen LogP contribution in [0.25, 0.3) is 0 Å². The highest BCUT2D eigenvalue weighted by Gasteiger charge is 2.38. The Hall–Kier alpha value is -0.0800. The molecule has 2 atom stereocenters. The van der Waals surface area contributed by atoms with Gasteiger partial charge in [0.2, 0.25) is 0 Å². The Morgan fingerprint density at radius 2 is 1.44 bits per heavy atom. The summed E-state index contributed by atoms with van der Waals surface area (Å²) in [5.74, 6) is 1.70. The average Bonchev–Trinajstić information content (AvgIpc) is 2.28. The number of nitrogens with two attached hydrogens (primary N) is 1. The Kier molecular flexibility index (Phi) is 5.08. The summed E-state index contributed by atoms with van der Waals surface area (Å²) in [6.07, 6.45) is 11.1. The fourth-order valence-corrected chi connectivity index (χ4v) is 4.26. The zero-order valence-electron chi connectivity index (χ0n) is 12.5. The highest BCUT2D eigenvalue weighted by Crippen LogP contribution is 2.35. The minimum absolute atomic E-state index is 0.337. The molecular weight excluding hydrogens is 220 g/mol. The van der Waals surface area contributed by atoms with E-state index in [1.54, 1.807) is 0 Å². The van der Waals surface area contributed by atoms with Gasteiger partial charge < -0.3 is 5.73 Å². The first-order chi connectivity index (χ1) is 8.66. The number of hydrogen-bond donors (Lipinski definition) is 1. The zero-order chi connectivity index (χ0) is 13.0. The topological polar surface area (TPSA) is 29.3 Å². The summed E-state index contributed by atoms with van der Waals surface area (Å²) in [6, 6.07) is 0. The lowest BCUT2D eigenvalue weighted by molar-refractivity contribution is 0.0117. The Balaban J connectivity index is 2.08. The molecule has 2 aliphatic rings. The summed E-state index contributed by atoms with van der Waals surface area (Å²) >= 11 is 0. The third-order valence-electron chi connectivity index (χ3n) is 5.20. The van der Waals surface area contributed by atoms with Gasteiger partial charge in [0.15, 0.2) is 0 Å². The first kappa shape index (κ1) is 14.3. The second-order valence-corrected chi connectivity index (χ2v) is 7.05. The zero-order valence-corrected chi connectivity index (χ0v) is 12.5. The minimum Gasteiger partial charge on any atom is -0.329 e. The van der Waals surface area contributed by atoms with Crippen LogP contribution in [-0.4, -0.2) is 30.1 Å². The van der Waals surface area contributed by atoms with Crippen molar-refractivity contribution in [2.24, 2.45) is 17.6 Å². The number of likely N-dealkylation sites (tertiary alicyclic amines) is 1. The highest BCUT2D eigenvalue weighted by atomic mass is 15.2. The molecule has 1 aliphatic carbocycles. The van der Waals surface area contributed by atoms with E-state index in [0.717, 1.165) is 18.4 Å². The van der Waals surface area contributed by atoms with Gasteiger partial charge in [0.05, 0.1) is 0 Å². The van der Waals surface area contributed by atoms with Gasteiger partial charge in [0, 0.05) is 25.2 Å². The lowest BCUT2D eigenvalue weighted by atomic mass is 9.79. The molecule has 0 radical (unpaired) electrons. The lowest BCUT2D eigenvalue weighted by Crippen LogP contribution is -2.58. The van der Waals surface area contributed by atoms with Crippen molar-refractivity contribution < 1.29 is 0 Å². The molecule has 0 bridgehead atoms. The van der Waals surface area contributed by atoms with Crippen molar-refractivity contribution in [3.05, 3.63) is 0 Å². The SMILES string of the molecule is CC1CC(C)CN(C2(CN)CCCCCCC2)C1. The van der Waals surface area contributed by atoms with Gasteiger partial charge in [0.1, 0.15) is 0 Å². The van der Waals surface area contributed by atoms with Crippen LogP contribution in [-0.2, 0) is 0 Å². The van der Waals surface area contributed by atoms with Crippen LogP contribution in [0, 0.1) is 11.8 Å². The molecule has 0 amide bonds. The van der Waals surface area contributed by atoms with Gasteiger partial charge in [-0.15, -0.1) is 0 Å². The molecule has 2 unspecified atom stereocenters. The van der Waals surface area contributed by atoms with Gasteiger partial charge in [0.25, 0.3) is 0 Å². The number of hydrogen-bond acceptors (Lipinski definition) is 2. The Bertz CT molecular complexity index is 233. The first-order valence-corrected chi connectivity index (χ1v) is 8.11. The normalized spacial score (nSPS) is 34.8. The summed E-state index contributed by atoms with van der Waals surface area (Å²) in [6.45, 7) is 8.25. The molecule has 1 heterocycles. The van der Waals surface area contributed by atoms with Gasteiger partial charge >= 0.3 is 0 Å². The van der Waals surface area contributed by atoms with E-state index in [4.69, 9.17) is 5.73 Å². The fraction of sp³-hybridized carbons (Fsp3) is 1.00. The Morgan fingerprint density at radius 3 is 1.94 bits per heavy atom. The molecule has 1 saturated carbocycles. The van der Waals surface area contributed by atoms with Crippen LogP contribution in [0.2, 0.25) is 0 Å². The van der Waals surface area contributed by atoms with Crippen molar-refractivity contribution in [1.82, 2.24) is 4.90 Å². The van der Waals surface area contributed by atoms with Crippen LogP contribution in [0.15, 0.2) is 0 Å². The van der Waals surface area contributed by atoms with Crippen molar-refractivity contribution in [2.75, 3.05) is 19.6 Å². The number of rotatable bonds is 2. The second kappa shape index (κ2) is 6.38. The van der Waals surface area contributed by atoms with Crippen LogP contribution in [0.4, 0.5) is 0 Å². The molecule has 18 heavy (non-hydrogen) atoms. The fourth-order valence-electron chi connectivity index (χ4n) is 4.26. The first-order valence-electron chi connectivity index (χ1n) is 8.11. The van der Waals surface area contributed by atoms with Crippen molar-refractivity contribution >= 4 is 0 Å². The molecule has 2 fully saturated rings. The Morgan fingerprint density at radius 1 is 0.944 bits per heavy atom. The second-order valence-electron chi connectivity index (χ2n) is 7.05. The maximum absolute atomic E-state index is 6.24. The molecule has 0 aromatic heterocycles. The summed E-state index contributed by atoms with van der Waals surface area (Å²) < 4.78 is 0. The van der Waals surface area contributed by atoms with Gasteiger partial charge in [-0.05, 0) is 31.1 Å². The quantitative estimate of drug-likeness (QED) is 0.816. The van der Waals surface area contributed by atoms with E-state index in [-0.39, 0.29) is 0 Å². The minimum atomic E-state index is 0.337. The van der Waals surface area contributed by atoms with Crippen LogP contribution in [0.3, 0.4) is 0 Å². The summed E-state index contributed by atoms with van der Waals surface area (Å²) in [4.78, 5) is 2.77. The third-order valence-corrected chi connectivity index (χ3v) is 5.20. The van der Waals surface area contributed by atoms with Crippen LogP contribution >= 0.6 is 0 Å². The molecule has 0 spiro atoms. The molecule has 1 saturated heterocycles. The van der Waals surface area contributed by atoms with Gasteiger partial charge in [-0.1, -0.05) is 46.0 Å². The molecule has 2 N–H and O–H groups in total. The molecule has 2 heteroatoms. The van der Waals surface area contributed by atoms with E-state index in [2.05, 4.69) is 18.7 Å². The highest BCUT2D eigenvalue weighted by molar-refractivity contribution is 4.95. The summed E-state index contributed by atoms with van der Waals surface area (Å²) in [5.41, 5.74) is 6.58. The van der Waals surface area contributed by atoms with E-state index in [1.807, 2.05) is 0 Å². The maximum Gasteiger partial charge on any atom is 0.0331 e. The molecule has 0 aromatic rings. The van der Waals surface area contributed by atoms with Gasteiger partial charge in [-0.25, -0.2) is 0 Å². The van der Waals surface area contributed by atoms with Gasteiger partial charge in [-0.2, -0.15) is 0 Å². The molecule has 2 nitrogen and oxygen atoms in total. The van der Waals surface area contributed by atoms with E-state index >= 15 is 0 Å². The number of piperidine rings is 1. The largest absolute Gasteiger partial charge is 0.329 e. The molecular formula is C16H32N2. The molecule has 0 aromatic carbocycles. The van der Waals surface area contributed by atoms with E-state index in [1.165, 1.54) is 64.5 Å². The summed E-state index contributed by atoms with van der Waals surface area (Å²) in [7, 11) is 0. The number of nitrogens with zero attached hydrogens (tertiary/aromatic N) is 1. The molecule has 1 aliphatic heterocycles. The Labute approximate surface area is 113 Å². The molecule has 106 valence electrons. The van der Waals surface area contributed by atoms with Crippen molar-refractivity contribution in [3.63, 3.8) is 0 Å². The molecule has 2 rings (SSSR count). The predicted octanol–water partition coefficient (Wildman–Crippen LogP) is 3.41. The van der Waals surface area contributed by atoms with Crippen LogP contribution in [0.5, 0.6) is 0 Å². The maximum atomic E-state index is 6.24. The van der Waals surface area contributed by atoms with Crippen molar-refractivity contribution in [3.8, 4) is 0 Å². The lowest BCUT2D eigenvalue weighted by Gasteiger charge is -2.49. The van der Waals surface area contributed by atoms with E-state index in [0.29, 0.717) is 5.54 Å². The van der Waals surface area contributed by atoms with Crippen LogP contribution < -0.4 is 5.73 Å². The monoisotopic (exact) mass is 252 g/mol. The smallest absolute Gasteiger partial charge is 0.0331 e. The van der Waals surface area contributed by atoms with Crippen molar-refractivity contribution in [2.45, 2.75) is 70.8 Å². The summed E-state index contributed by atoms with van der Waals surface area (Å²) in [5, 5.41) is 0. The average molecular weight is 252 g/mol. The third kappa shape index (κ3) is 3.27. The standard InChI is InChI=1S/C16H32N2/c1-14-10-15(2)12-18(11-14)16(13-17)8-6-4-3-5-7-9-16/h14-15H,3-13,17H2,1-2H3. The van der Waals surface area contributed by atoms with E-state index in [9.17, 15) is 0 Å². The van der Waals surface area contributed by atoms with E-state index < -0.39 is 0 Å². The van der Waals surface area contributed by atoms with Gasteiger partial charge in [-0.3, -0.25) is 4.90 Å². The predicted molar refractivity (Wildman–Crippen MR) is 78.6 cm³/mol. The van der Waals surface area contributed by atoms with Crippen LogP contribution in [0.1, 0.15) is 65.2 Å². The van der Waals surface area contributed by atoms with Crippen molar-refractivity contribution in [1.29, 1.82) is 0 Å².